The summed E-state index contributed by atoms with van der Waals surface area (Å²) >= 11 is 19.2. The van der Waals surface area contributed by atoms with E-state index in [4.69, 9.17) is 34.8 Å². The van der Waals surface area contributed by atoms with Gasteiger partial charge in [-0.05, 0) is 67.4 Å². The Labute approximate surface area is 227 Å². The summed E-state index contributed by atoms with van der Waals surface area (Å²) in [7, 11) is 0. The van der Waals surface area contributed by atoms with Gasteiger partial charge in [0.05, 0.1) is 10.9 Å². The van der Waals surface area contributed by atoms with E-state index in [0.717, 1.165) is 6.42 Å². The van der Waals surface area contributed by atoms with Gasteiger partial charge in [-0.15, -0.1) is 0 Å². The molecule has 9 heteroatoms. The molecule has 4 aliphatic rings. The minimum absolute atomic E-state index is 0.212. The molecule has 4 atom stereocenters. The molecule has 3 aromatic rings. The number of carbonyl (C=O) groups is 3. The highest BCUT2D eigenvalue weighted by molar-refractivity contribution is 6.37. The summed E-state index contributed by atoms with van der Waals surface area (Å²) in [6, 6.07) is 16.9. The quantitative estimate of drug-likeness (QED) is 0.402. The molecule has 0 aromatic heterocycles. The number of Topliss-reactive ketones (excluding diaryl/α,β-unsaturated/α-hetero) is 1. The molecule has 186 valence electrons. The van der Waals surface area contributed by atoms with E-state index >= 15 is 0 Å². The van der Waals surface area contributed by atoms with Crippen molar-refractivity contribution in [2.45, 2.75) is 29.8 Å². The number of hydrogen-bond acceptors (Lipinski definition) is 4. The Morgan fingerprint density at radius 2 is 1.57 bits per heavy atom. The third kappa shape index (κ3) is 2.69. The minimum Gasteiger partial charge on any atom is -0.325 e. The first-order valence-electron chi connectivity index (χ1n) is 12.1. The van der Waals surface area contributed by atoms with Crippen LogP contribution in [0.2, 0.25) is 15.1 Å². The smallest absolute Gasteiger partial charge is 0.251 e. The Balaban J connectivity index is 1.60. The highest BCUT2D eigenvalue weighted by Crippen LogP contribution is 2.68. The van der Waals surface area contributed by atoms with Gasteiger partial charge in [-0.2, -0.15) is 0 Å². The fraction of sp³-hybridized carbons (Fsp3) is 0.250. The van der Waals surface area contributed by atoms with Gasteiger partial charge in [0.25, 0.3) is 5.91 Å². The Kier molecular flexibility index (Phi) is 4.90. The van der Waals surface area contributed by atoms with Crippen LogP contribution in [0.1, 0.15) is 34.3 Å². The van der Waals surface area contributed by atoms with Crippen LogP contribution in [0.15, 0.2) is 60.7 Å². The number of amides is 2. The zero-order valence-electron chi connectivity index (χ0n) is 19.4. The van der Waals surface area contributed by atoms with Crippen molar-refractivity contribution in [1.29, 1.82) is 0 Å². The number of rotatable bonds is 2. The van der Waals surface area contributed by atoms with Gasteiger partial charge in [-0.1, -0.05) is 53.0 Å². The Hall–Kier alpha value is -2.90. The minimum atomic E-state index is -1.55. The number of carbonyl (C=O) groups excluding carboxylic acids is 3. The van der Waals surface area contributed by atoms with Crippen molar-refractivity contribution < 1.29 is 14.4 Å². The van der Waals surface area contributed by atoms with Gasteiger partial charge in [-0.3, -0.25) is 19.3 Å². The van der Waals surface area contributed by atoms with Crippen LogP contribution in [-0.4, -0.2) is 35.1 Å². The number of nitrogens with one attached hydrogen (secondary N) is 2. The molecule has 0 unspecified atom stereocenters. The largest absolute Gasteiger partial charge is 0.325 e. The van der Waals surface area contributed by atoms with Crippen molar-refractivity contribution in [3.8, 4) is 0 Å². The molecule has 2 amide bonds. The number of para-hydroxylation sites is 1. The summed E-state index contributed by atoms with van der Waals surface area (Å²) in [6.07, 6.45) is 1.44. The van der Waals surface area contributed by atoms with Crippen molar-refractivity contribution >= 4 is 63.8 Å². The maximum atomic E-state index is 14.6. The van der Waals surface area contributed by atoms with Crippen LogP contribution in [0, 0.1) is 5.92 Å². The normalized spacial score (nSPS) is 29.4. The summed E-state index contributed by atoms with van der Waals surface area (Å²) in [6.45, 7) is 0.555. The average molecular weight is 553 g/mol. The van der Waals surface area contributed by atoms with Crippen molar-refractivity contribution in [3.05, 3.63) is 92.4 Å². The maximum absolute atomic E-state index is 14.6. The van der Waals surface area contributed by atoms with Crippen LogP contribution in [0.3, 0.4) is 0 Å². The summed E-state index contributed by atoms with van der Waals surface area (Å²) in [4.78, 5) is 45.4. The first-order chi connectivity index (χ1) is 17.8. The zero-order valence-corrected chi connectivity index (χ0v) is 21.6. The number of ketones is 1. The predicted molar refractivity (Wildman–Crippen MR) is 143 cm³/mol. The van der Waals surface area contributed by atoms with E-state index in [2.05, 4.69) is 15.5 Å². The molecule has 0 bridgehead atoms. The zero-order chi connectivity index (χ0) is 25.7. The monoisotopic (exact) mass is 551 g/mol. The molecule has 3 aromatic carbocycles. The number of halogens is 3. The number of anilines is 2. The van der Waals surface area contributed by atoms with E-state index in [1.165, 1.54) is 6.07 Å². The number of hydrogen-bond donors (Lipinski definition) is 2. The van der Waals surface area contributed by atoms with Gasteiger partial charge in [-0.25, -0.2) is 0 Å². The second-order valence-corrected chi connectivity index (χ2v) is 11.3. The molecule has 0 saturated carbocycles. The second kappa shape index (κ2) is 7.81. The van der Waals surface area contributed by atoms with Crippen molar-refractivity contribution in [2.75, 3.05) is 17.2 Å². The van der Waals surface area contributed by atoms with Crippen molar-refractivity contribution in [2.24, 2.45) is 5.92 Å². The lowest BCUT2D eigenvalue weighted by molar-refractivity contribution is -0.137. The van der Waals surface area contributed by atoms with Crippen molar-refractivity contribution in [3.63, 3.8) is 0 Å². The number of nitrogens with zero attached hydrogens (tertiary/aromatic N) is 1. The maximum Gasteiger partial charge on any atom is 0.251 e. The first kappa shape index (κ1) is 23.2. The van der Waals surface area contributed by atoms with Gasteiger partial charge in [0.2, 0.25) is 5.91 Å². The van der Waals surface area contributed by atoms with E-state index in [1.54, 1.807) is 30.3 Å². The first-order valence-corrected chi connectivity index (χ1v) is 13.2. The van der Waals surface area contributed by atoms with Crippen LogP contribution in [0.5, 0.6) is 0 Å². The summed E-state index contributed by atoms with van der Waals surface area (Å²) in [5.74, 6) is -1.88. The fourth-order valence-electron chi connectivity index (χ4n) is 7.41. The number of benzene rings is 3. The van der Waals surface area contributed by atoms with Crippen LogP contribution in [0.25, 0.3) is 0 Å². The van der Waals surface area contributed by atoms with E-state index in [1.807, 2.05) is 24.3 Å². The highest BCUT2D eigenvalue weighted by atomic mass is 35.5. The fourth-order valence-corrected chi connectivity index (χ4v) is 8.08. The molecule has 0 radical (unpaired) electrons. The number of fused-ring (bicyclic) bond motifs is 7. The lowest BCUT2D eigenvalue weighted by Crippen LogP contribution is -2.62. The third-order valence-corrected chi connectivity index (χ3v) is 9.32. The highest BCUT2D eigenvalue weighted by Gasteiger charge is 2.81. The summed E-state index contributed by atoms with van der Waals surface area (Å²) in [5.41, 5.74) is -0.312. The second-order valence-electron chi connectivity index (χ2n) is 10.0. The average Bonchev–Trinajstić information content (AvgIpc) is 3.58. The van der Waals surface area contributed by atoms with Crippen LogP contribution in [0.4, 0.5) is 11.4 Å². The van der Waals surface area contributed by atoms with Crippen LogP contribution >= 0.6 is 34.8 Å². The molecular weight excluding hydrogens is 533 g/mol. The molecule has 2 N–H and O–H groups in total. The molecule has 2 spiro atoms. The molecule has 2 fully saturated rings. The molecule has 4 aliphatic heterocycles. The van der Waals surface area contributed by atoms with E-state index in [-0.39, 0.29) is 34.2 Å². The predicted octanol–water partition coefficient (Wildman–Crippen LogP) is 5.66. The lowest BCUT2D eigenvalue weighted by atomic mass is 9.57. The van der Waals surface area contributed by atoms with Gasteiger partial charge in [0.15, 0.2) is 5.78 Å². The Morgan fingerprint density at radius 1 is 0.865 bits per heavy atom. The molecule has 6 nitrogen and oxygen atoms in total. The molecule has 2 saturated heterocycles. The van der Waals surface area contributed by atoms with Gasteiger partial charge < -0.3 is 10.6 Å². The van der Waals surface area contributed by atoms with Gasteiger partial charge in [0.1, 0.15) is 11.0 Å². The third-order valence-electron chi connectivity index (χ3n) is 8.54. The SMILES string of the molecule is O=C(c1ccc(Cl)cc1Cl)[C@@H]1[C@@H]2CCCN2[C@]2(C(=O)Nc3ccc(Cl)cc32)[C@@]12C(=O)Nc1ccccc12. The molecular formula is C28H20Cl3N3O3. The van der Waals surface area contributed by atoms with Gasteiger partial charge in [0, 0.05) is 38.6 Å². The van der Waals surface area contributed by atoms with E-state index in [0.29, 0.717) is 45.5 Å². The Morgan fingerprint density at radius 3 is 2.38 bits per heavy atom. The topological polar surface area (TPSA) is 78.5 Å². The van der Waals surface area contributed by atoms with Crippen LogP contribution in [-0.2, 0) is 20.5 Å². The van der Waals surface area contributed by atoms with Crippen molar-refractivity contribution in [1.82, 2.24) is 4.90 Å². The van der Waals surface area contributed by atoms with E-state index in [9.17, 15) is 14.4 Å². The molecule has 37 heavy (non-hydrogen) atoms. The summed E-state index contributed by atoms with van der Waals surface area (Å²) < 4.78 is 0. The summed E-state index contributed by atoms with van der Waals surface area (Å²) in [5, 5.41) is 7.09. The molecule has 7 rings (SSSR count). The van der Waals surface area contributed by atoms with Gasteiger partial charge >= 0.3 is 0 Å². The molecule has 4 heterocycles. The lowest BCUT2D eigenvalue weighted by Gasteiger charge is -2.43. The molecule has 0 aliphatic carbocycles. The Bertz CT molecular complexity index is 1560. The van der Waals surface area contributed by atoms with Crippen LogP contribution < -0.4 is 10.6 Å². The van der Waals surface area contributed by atoms with E-state index < -0.39 is 16.9 Å². The standard InChI is InChI=1S/C28H20Cl3N3O3/c29-14-8-10-21-18(12-14)28(26(37)33-21)27(17-4-1-2-5-20(17)32-25(27)36)23(22-6-3-11-34(22)28)24(35)16-9-7-15(30)13-19(16)31/h1-2,4-5,7-10,12-13,22-23H,3,6,11H2,(H,32,36)(H,33,37)/t22-,23-,27+,28+/m0/s1.